The van der Waals surface area contributed by atoms with Crippen LogP contribution in [0.15, 0.2) is 0 Å². The fourth-order valence-corrected chi connectivity index (χ4v) is 2.51. The third-order valence-electron chi connectivity index (χ3n) is 3.61. The lowest BCUT2D eigenvalue weighted by Crippen LogP contribution is -2.41. The molecule has 4 heteroatoms. The minimum Gasteiger partial charge on any atom is -0.330 e. The van der Waals surface area contributed by atoms with E-state index in [4.69, 9.17) is 10.6 Å². The maximum absolute atomic E-state index is 12.4. The van der Waals surface area contributed by atoms with Crippen LogP contribution in [0, 0.1) is 17.3 Å². The molecule has 106 valence electrons. The molecule has 0 aromatic carbocycles. The Kier molecular flexibility index (Phi) is 5.60. The van der Waals surface area contributed by atoms with Crippen LogP contribution in [0.2, 0.25) is 0 Å². The highest BCUT2D eigenvalue weighted by molar-refractivity contribution is 5.78. The van der Waals surface area contributed by atoms with E-state index >= 15 is 0 Å². The Morgan fingerprint density at radius 1 is 1.28 bits per heavy atom. The van der Waals surface area contributed by atoms with Gasteiger partial charge in [0.25, 0.3) is 0 Å². The minimum atomic E-state index is 0.0557. The molecule has 1 rings (SSSR count). The zero-order valence-corrected chi connectivity index (χ0v) is 12.2. The lowest BCUT2D eigenvalue weighted by atomic mass is 9.81. The Labute approximate surface area is 111 Å². The number of hydrogen-bond acceptors (Lipinski definition) is 3. The molecule has 0 saturated heterocycles. The van der Waals surface area contributed by atoms with Crippen molar-refractivity contribution in [3.8, 4) is 0 Å². The molecule has 0 aromatic heterocycles. The largest absolute Gasteiger partial charge is 0.330 e. The third kappa shape index (κ3) is 4.58. The van der Waals surface area contributed by atoms with Crippen molar-refractivity contribution in [2.24, 2.45) is 23.0 Å². The molecule has 0 aromatic rings. The topological polar surface area (TPSA) is 55.6 Å². The van der Waals surface area contributed by atoms with Gasteiger partial charge in [0.15, 0.2) is 0 Å². The molecule has 1 aliphatic carbocycles. The number of rotatable bonds is 4. The highest BCUT2D eigenvalue weighted by Gasteiger charge is 2.31. The van der Waals surface area contributed by atoms with E-state index in [1.807, 2.05) is 0 Å². The van der Waals surface area contributed by atoms with Gasteiger partial charge >= 0.3 is 0 Å². The summed E-state index contributed by atoms with van der Waals surface area (Å²) in [5.74, 6) is 0.866. The second kappa shape index (κ2) is 6.53. The van der Waals surface area contributed by atoms with Gasteiger partial charge in [-0.3, -0.25) is 9.63 Å². The van der Waals surface area contributed by atoms with Crippen molar-refractivity contribution in [2.45, 2.75) is 46.5 Å². The fourth-order valence-electron chi connectivity index (χ4n) is 2.51. The van der Waals surface area contributed by atoms with Crippen LogP contribution in [0.25, 0.3) is 0 Å². The molecule has 2 N–H and O–H groups in total. The molecule has 0 bridgehead atoms. The van der Waals surface area contributed by atoms with E-state index in [1.54, 1.807) is 7.11 Å². The molecular weight excluding hydrogens is 228 g/mol. The summed E-state index contributed by atoms with van der Waals surface area (Å²) in [6.07, 6.45) is 4.04. The Hall–Kier alpha value is -0.610. The van der Waals surface area contributed by atoms with Crippen molar-refractivity contribution in [1.29, 1.82) is 0 Å². The molecule has 1 amide bonds. The van der Waals surface area contributed by atoms with Crippen molar-refractivity contribution in [2.75, 3.05) is 20.2 Å². The van der Waals surface area contributed by atoms with Crippen LogP contribution in [0.3, 0.4) is 0 Å². The van der Waals surface area contributed by atoms with Crippen LogP contribution in [-0.2, 0) is 9.63 Å². The monoisotopic (exact) mass is 256 g/mol. The first kappa shape index (κ1) is 15.4. The van der Waals surface area contributed by atoms with Crippen LogP contribution in [0.4, 0.5) is 0 Å². The standard InChI is InChI=1S/C14H28N2O2/c1-14(2,3)10-16(18-4)13(17)12-7-5-11(9-15)6-8-12/h11-12H,5-10,15H2,1-4H3. The second-order valence-corrected chi connectivity index (χ2v) is 6.57. The van der Waals surface area contributed by atoms with Gasteiger partial charge in [-0.1, -0.05) is 20.8 Å². The molecule has 0 heterocycles. The van der Waals surface area contributed by atoms with E-state index in [0.717, 1.165) is 32.2 Å². The lowest BCUT2D eigenvalue weighted by molar-refractivity contribution is -0.187. The van der Waals surface area contributed by atoms with Crippen LogP contribution >= 0.6 is 0 Å². The summed E-state index contributed by atoms with van der Waals surface area (Å²) in [7, 11) is 1.58. The van der Waals surface area contributed by atoms with Gasteiger partial charge in [-0.15, -0.1) is 0 Å². The predicted molar refractivity (Wildman–Crippen MR) is 72.7 cm³/mol. The van der Waals surface area contributed by atoms with Crippen molar-refractivity contribution in [3.63, 3.8) is 0 Å². The van der Waals surface area contributed by atoms with Crippen molar-refractivity contribution in [3.05, 3.63) is 0 Å². The Bertz CT molecular complexity index is 265. The summed E-state index contributed by atoms with van der Waals surface area (Å²) in [6.45, 7) is 7.71. The summed E-state index contributed by atoms with van der Waals surface area (Å²) >= 11 is 0. The zero-order valence-electron chi connectivity index (χ0n) is 12.2. The van der Waals surface area contributed by atoms with E-state index in [0.29, 0.717) is 12.5 Å². The van der Waals surface area contributed by atoms with Crippen molar-refractivity contribution < 1.29 is 9.63 Å². The first-order valence-corrected chi connectivity index (χ1v) is 6.93. The van der Waals surface area contributed by atoms with Gasteiger partial charge in [0, 0.05) is 5.92 Å². The van der Waals surface area contributed by atoms with Crippen molar-refractivity contribution >= 4 is 5.91 Å². The van der Waals surface area contributed by atoms with Gasteiger partial charge in [-0.05, 0) is 43.6 Å². The van der Waals surface area contributed by atoms with E-state index in [9.17, 15) is 4.79 Å². The summed E-state index contributed by atoms with van der Waals surface area (Å²) in [6, 6.07) is 0. The summed E-state index contributed by atoms with van der Waals surface area (Å²) in [4.78, 5) is 17.6. The second-order valence-electron chi connectivity index (χ2n) is 6.57. The number of hydroxylamine groups is 2. The zero-order chi connectivity index (χ0) is 13.8. The highest BCUT2D eigenvalue weighted by atomic mass is 16.7. The van der Waals surface area contributed by atoms with Crippen LogP contribution in [0.1, 0.15) is 46.5 Å². The van der Waals surface area contributed by atoms with Gasteiger partial charge in [0.2, 0.25) is 5.91 Å². The normalized spacial score (nSPS) is 24.9. The van der Waals surface area contributed by atoms with Crippen molar-refractivity contribution in [1.82, 2.24) is 5.06 Å². The van der Waals surface area contributed by atoms with E-state index < -0.39 is 0 Å². The summed E-state index contributed by atoms with van der Waals surface area (Å²) < 4.78 is 0. The lowest BCUT2D eigenvalue weighted by Gasteiger charge is -2.33. The number of amides is 1. The third-order valence-corrected chi connectivity index (χ3v) is 3.61. The summed E-state index contributed by atoms with van der Waals surface area (Å²) in [5, 5.41) is 1.54. The molecule has 4 nitrogen and oxygen atoms in total. The maximum atomic E-state index is 12.4. The number of hydrogen-bond donors (Lipinski definition) is 1. The average molecular weight is 256 g/mol. The van der Waals surface area contributed by atoms with Crippen LogP contribution < -0.4 is 5.73 Å². The number of carbonyl (C=O) groups is 1. The molecule has 1 fully saturated rings. The Morgan fingerprint density at radius 2 is 1.83 bits per heavy atom. The quantitative estimate of drug-likeness (QED) is 0.784. The fraction of sp³-hybridized carbons (Fsp3) is 0.929. The maximum Gasteiger partial charge on any atom is 0.249 e. The predicted octanol–water partition coefficient (Wildman–Crippen LogP) is 2.19. The van der Waals surface area contributed by atoms with E-state index in [1.165, 1.54) is 5.06 Å². The summed E-state index contributed by atoms with van der Waals surface area (Å²) in [5.41, 5.74) is 5.73. The van der Waals surface area contributed by atoms with E-state index in [2.05, 4.69) is 20.8 Å². The first-order valence-electron chi connectivity index (χ1n) is 6.93. The highest BCUT2D eigenvalue weighted by Crippen LogP contribution is 2.30. The minimum absolute atomic E-state index is 0.0557. The molecule has 0 unspecified atom stereocenters. The average Bonchev–Trinajstić information content (AvgIpc) is 2.34. The Balaban J connectivity index is 2.52. The van der Waals surface area contributed by atoms with Gasteiger partial charge in [-0.2, -0.15) is 0 Å². The molecule has 0 aliphatic heterocycles. The molecule has 1 aliphatic rings. The molecule has 0 radical (unpaired) electrons. The van der Waals surface area contributed by atoms with Gasteiger partial charge in [0.1, 0.15) is 0 Å². The molecule has 0 spiro atoms. The Morgan fingerprint density at radius 3 is 2.22 bits per heavy atom. The SMILES string of the molecule is CON(CC(C)(C)C)C(=O)C1CCC(CN)CC1. The molecule has 18 heavy (non-hydrogen) atoms. The van der Waals surface area contributed by atoms with Gasteiger partial charge in [-0.25, -0.2) is 5.06 Å². The van der Waals surface area contributed by atoms with Crippen LogP contribution in [0.5, 0.6) is 0 Å². The van der Waals surface area contributed by atoms with Gasteiger partial charge in [0.05, 0.1) is 13.7 Å². The van der Waals surface area contributed by atoms with E-state index in [-0.39, 0.29) is 17.2 Å². The molecule has 0 atom stereocenters. The molecule has 1 saturated carbocycles. The first-order chi connectivity index (χ1) is 8.37. The number of nitrogens with zero attached hydrogens (tertiary/aromatic N) is 1. The number of carbonyl (C=O) groups excluding carboxylic acids is 1. The molecular formula is C14H28N2O2. The smallest absolute Gasteiger partial charge is 0.249 e. The van der Waals surface area contributed by atoms with Crippen LogP contribution in [-0.4, -0.2) is 31.2 Å². The van der Waals surface area contributed by atoms with Gasteiger partial charge < -0.3 is 5.73 Å². The number of nitrogens with two attached hydrogens (primary N) is 1.